The molecule has 1 heterocycles. The molecule has 1 aliphatic heterocycles. The number of halogens is 2. The molecular formula is C16H14BrFO3. The molecule has 1 N–H and O–H groups in total. The molecule has 3 nitrogen and oxygen atoms in total. The Kier molecular flexibility index (Phi) is 4.12. The van der Waals surface area contributed by atoms with E-state index < -0.39 is 6.10 Å². The number of rotatable bonds is 3. The molecule has 2 aromatic carbocycles. The molecule has 0 saturated carbocycles. The summed E-state index contributed by atoms with van der Waals surface area (Å²) in [7, 11) is 0. The van der Waals surface area contributed by atoms with Gasteiger partial charge >= 0.3 is 0 Å². The van der Waals surface area contributed by atoms with E-state index in [1.807, 2.05) is 0 Å². The summed E-state index contributed by atoms with van der Waals surface area (Å²) in [5.41, 5.74) is 1.59. The van der Waals surface area contributed by atoms with Gasteiger partial charge in [-0.05, 0) is 35.4 Å². The maximum absolute atomic E-state index is 12.9. The minimum Gasteiger partial charge on any atom is -0.486 e. The lowest BCUT2D eigenvalue weighted by atomic mass is 10.0. The van der Waals surface area contributed by atoms with E-state index in [9.17, 15) is 9.50 Å². The van der Waals surface area contributed by atoms with E-state index in [0.717, 1.165) is 15.6 Å². The fourth-order valence-corrected chi connectivity index (χ4v) is 2.88. The molecular weight excluding hydrogens is 339 g/mol. The average Bonchev–Trinajstić information content (AvgIpc) is 2.49. The van der Waals surface area contributed by atoms with Gasteiger partial charge in [-0.1, -0.05) is 28.1 Å². The van der Waals surface area contributed by atoms with Gasteiger partial charge in [-0.2, -0.15) is 0 Å². The van der Waals surface area contributed by atoms with Crippen molar-refractivity contribution in [1.29, 1.82) is 0 Å². The molecule has 0 aliphatic carbocycles. The minimum absolute atomic E-state index is 0.284. The monoisotopic (exact) mass is 352 g/mol. The molecule has 5 heteroatoms. The van der Waals surface area contributed by atoms with Crippen LogP contribution in [0.1, 0.15) is 17.2 Å². The normalized spacial score (nSPS) is 14.8. The molecule has 0 spiro atoms. The van der Waals surface area contributed by atoms with Crippen LogP contribution in [0.4, 0.5) is 4.39 Å². The van der Waals surface area contributed by atoms with Crippen molar-refractivity contribution in [2.75, 3.05) is 13.2 Å². The fourth-order valence-electron chi connectivity index (χ4n) is 2.29. The molecule has 1 unspecified atom stereocenters. The lowest BCUT2D eigenvalue weighted by Crippen LogP contribution is -2.16. The van der Waals surface area contributed by atoms with Crippen LogP contribution in [0.5, 0.6) is 11.5 Å². The molecule has 1 aliphatic rings. The van der Waals surface area contributed by atoms with Gasteiger partial charge in [0.2, 0.25) is 0 Å². The third-order valence-corrected chi connectivity index (χ3v) is 4.05. The van der Waals surface area contributed by atoms with Crippen LogP contribution in [0.25, 0.3) is 0 Å². The Labute approximate surface area is 130 Å². The van der Waals surface area contributed by atoms with Gasteiger partial charge in [-0.15, -0.1) is 0 Å². The number of benzene rings is 2. The topological polar surface area (TPSA) is 38.7 Å². The van der Waals surface area contributed by atoms with Crippen molar-refractivity contribution in [2.24, 2.45) is 0 Å². The van der Waals surface area contributed by atoms with E-state index in [1.54, 1.807) is 24.3 Å². The van der Waals surface area contributed by atoms with Crippen LogP contribution in [0.3, 0.4) is 0 Å². The van der Waals surface area contributed by atoms with Gasteiger partial charge in [0.1, 0.15) is 19.0 Å². The summed E-state index contributed by atoms with van der Waals surface area (Å²) in [5.74, 6) is 1.03. The van der Waals surface area contributed by atoms with E-state index in [-0.39, 0.29) is 5.82 Å². The van der Waals surface area contributed by atoms with Gasteiger partial charge in [-0.3, -0.25) is 0 Å². The summed E-state index contributed by atoms with van der Waals surface area (Å²) in [4.78, 5) is 0. The number of hydrogen-bond donors (Lipinski definition) is 1. The first-order valence-corrected chi connectivity index (χ1v) is 7.44. The third kappa shape index (κ3) is 3.19. The third-order valence-electron chi connectivity index (χ3n) is 3.36. The summed E-state index contributed by atoms with van der Waals surface area (Å²) in [6, 6.07) is 9.71. The summed E-state index contributed by atoms with van der Waals surface area (Å²) >= 11 is 3.45. The maximum Gasteiger partial charge on any atom is 0.162 e. The predicted molar refractivity (Wildman–Crippen MR) is 80.2 cm³/mol. The average molecular weight is 353 g/mol. The molecule has 2 aromatic rings. The summed E-state index contributed by atoms with van der Waals surface area (Å²) in [6.07, 6.45) is -0.306. The Morgan fingerprint density at radius 2 is 1.71 bits per heavy atom. The van der Waals surface area contributed by atoms with Crippen LogP contribution in [-0.2, 0) is 6.42 Å². The largest absolute Gasteiger partial charge is 0.486 e. The van der Waals surface area contributed by atoms with Crippen LogP contribution in [-0.4, -0.2) is 18.3 Å². The van der Waals surface area contributed by atoms with Crippen LogP contribution < -0.4 is 9.47 Å². The molecule has 1 atom stereocenters. The number of fused-ring (bicyclic) bond motifs is 1. The lowest BCUT2D eigenvalue weighted by molar-refractivity contribution is 0.164. The molecule has 0 aromatic heterocycles. The molecule has 0 fully saturated rings. The number of hydrogen-bond acceptors (Lipinski definition) is 3. The van der Waals surface area contributed by atoms with Crippen LogP contribution in [0.15, 0.2) is 40.9 Å². The Bertz CT molecular complexity index is 643. The van der Waals surface area contributed by atoms with Crippen molar-refractivity contribution in [3.05, 3.63) is 57.8 Å². The first-order chi connectivity index (χ1) is 10.1. The molecule has 0 amide bonds. The van der Waals surface area contributed by atoms with E-state index >= 15 is 0 Å². The van der Waals surface area contributed by atoms with E-state index in [4.69, 9.17) is 9.47 Å². The van der Waals surface area contributed by atoms with Gasteiger partial charge in [0.05, 0.1) is 6.10 Å². The zero-order chi connectivity index (χ0) is 14.8. The Morgan fingerprint density at radius 1 is 1.10 bits per heavy atom. The zero-order valence-corrected chi connectivity index (χ0v) is 12.8. The fraction of sp³-hybridized carbons (Fsp3) is 0.250. The SMILES string of the molecule is OC(Cc1ccc(F)cc1)c1cc2c(cc1Br)OCCO2. The summed E-state index contributed by atoms with van der Waals surface area (Å²) < 4.78 is 24.7. The van der Waals surface area contributed by atoms with E-state index in [1.165, 1.54) is 12.1 Å². The molecule has 0 saturated heterocycles. The maximum atomic E-state index is 12.9. The highest BCUT2D eigenvalue weighted by Gasteiger charge is 2.19. The summed E-state index contributed by atoms with van der Waals surface area (Å²) in [6.45, 7) is 1.03. The lowest BCUT2D eigenvalue weighted by Gasteiger charge is -2.21. The second-order valence-corrected chi connectivity index (χ2v) is 5.72. The van der Waals surface area contributed by atoms with Gasteiger partial charge < -0.3 is 14.6 Å². The number of aliphatic hydroxyl groups excluding tert-OH is 1. The van der Waals surface area contributed by atoms with Crippen LogP contribution in [0, 0.1) is 5.82 Å². The number of ether oxygens (including phenoxy) is 2. The highest BCUT2D eigenvalue weighted by Crippen LogP contribution is 2.38. The van der Waals surface area contributed by atoms with Crippen molar-refractivity contribution in [3.63, 3.8) is 0 Å². The Morgan fingerprint density at radius 3 is 2.38 bits per heavy atom. The van der Waals surface area contributed by atoms with Crippen molar-refractivity contribution in [3.8, 4) is 11.5 Å². The molecule has 3 rings (SSSR count). The molecule has 110 valence electrons. The summed E-state index contributed by atoms with van der Waals surface area (Å²) in [5, 5.41) is 10.4. The highest BCUT2D eigenvalue weighted by molar-refractivity contribution is 9.10. The predicted octanol–water partition coefficient (Wildman–Crippen LogP) is 3.64. The van der Waals surface area contributed by atoms with Gasteiger partial charge in [0, 0.05) is 10.9 Å². The minimum atomic E-state index is -0.708. The van der Waals surface area contributed by atoms with Crippen molar-refractivity contribution < 1.29 is 19.0 Å². The van der Waals surface area contributed by atoms with Gasteiger partial charge in [0.15, 0.2) is 11.5 Å². The Balaban J connectivity index is 1.83. The standard InChI is InChI=1S/C16H14BrFO3/c17-13-9-16-15(20-5-6-21-16)8-12(13)14(19)7-10-1-3-11(18)4-2-10/h1-4,8-9,14,19H,5-7H2. The quantitative estimate of drug-likeness (QED) is 0.916. The smallest absolute Gasteiger partial charge is 0.162 e. The molecule has 0 bridgehead atoms. The molecule has 0 radical (unpaired) electrons. The number of aliphatic hydroxyl groups is 1. The first kappa shape index (κ1) is 14.4. The van der Waals surface area contributed by atoms with E-state index in [2.05, 4.69) is 15.9 Å². The highest BCUT2D eigenvalue weighted by atomic mass is 79.9. The van der Waals surface area contributed by atoms with Crippen LogP contribution in [0.2, 0.25) is 0 Å². The van der Waals surface area contributed by atoms with Crippen molar-refractivity contribution in [1.82, 2.24) is 0 Å². The Hall–Kier alpha value is -1.59. The second-order valence-electron chi connectivity index (χ2n) is 4.86. The van der Waals surface area contributed by atoms with Gasteiger partial charge in [0.25, 0.3) is 0 Å². The van der Waals surface area contributed by atoms with Crippen LogP contribution >= 0.6 is 15.9 Å². The molecule has 21 heavy (non-hydrogen) atoms. The zero-order valence-electron chi connectivity index (χ0n) is 11.2. The van der Waals surface area contributed by atoms with Crippen molar-refractivity contribution in [2.45, 2.75) is 12.5 Å². The van der Waals surface area contributed by atoms with Crippen molar-refractivity contribution >= 4 is 15.9 Å². The first-order valence-electron chi connectivity index (χ1n) is 6.65. The van der Waals surface area contributed by atoms with E-state index in [0.29, 0.717) is 31.1 Å². The second kappa shape index (κ2) is 6.03. The van der Waals surface area contributed by atoms with Gasteiger partial charge in [-0.25, -0.2) is 4.39 Å².